The number of morpholine rings is 1. The molecule has 10 nitrogen and oxygen atoms in total. The molecule has 12 heteroatoms. The zero-order chi connectivity index (χ0) is 32.7. The van der Waals surface area contributed by atoms with E-state index < -0.39 is 11.6 Å². The van der Waals surface area contributed by atoms with Crippen molar-refractivity contribution >= 4 is 38.4 Å². The summed E-state index contributed by atoms with van der Waals surface area (Å²) >= 11 is 0. The number of nitrogens with one attached hydrogen (secondary N) is 1. The Labute approximate surface area is 275 Å². The van der Waals surface area contributed by atoms with E-state index in [1.807, 2.05) is 6.20 Å². The number of aryl methyl sites for hydroxylation is 1. The number of benzene rings is 3. The molecule has 2 bridgehead atoms. The van der Waals surface area contributed by atoms with Crippen LogP contribution in [0.4, 0.5) is 14.6 Å². The molecular formula is C36H35F2N7O3. The molecule has 0 radical (unpaired) electrons. The van der Waals surface area contributed by atoms with Gasteiger partial charge in [-0.15, -0.1) is 6.42 Å². The highest BCUT2D eigenvalue weighted by Crippen LogP contribution is 2.45. The third-order valence-corrected chi connectivity index (χ3v) is 10.6. The van der Waals surface area contributed by atoms with E-state index >= 15 is 8.78 Å². The lowest BCUT2D eigenvalue weighted by Gasteiger charge is -2.35. The van der Waals surface area contributed by atoms with Gasteiger partial charge in [0.05, 0.1) is 24.2 Å². The summed E-state index contributed by atoms with van der Waals surface area (Å²) in [4.78, 5) is 14.4. The maximum atomic E-state index is 17.5. The summed E-state index contributed by atoms with van der Waals surface area (Å²) in [6.45, 7) is 4.07. The zero-order valence-corrected chi connectivity index (χ0v) is 26.5. The molecule has 6 heterocycles. The van der Waals surface area contributed by atoms with E-state index in [9.17, 15) is 5.11 Å². The van der Waals surface area contributed by atoms with E-state index in [1.165, 1.54) is 24.3 Å². The van der Waals surface area contributed by atoms with Gasteiger partial charge in [-0.05, 0) is 54.8 Å². The first kappa shape index (κ1) is 29.6. The number of rotatable bonds is 5. The van der Waals surface area contributed by atoms with Gasteiger partial charge in [-0.1, -0.05) is 12.0 Å². The summed E-state index contributed by atoms with van der Waals surface area (Å²) in [5.41, 5.74) is 0.689. The maximum absolute atomic E-state index is 17.5. The Kier molecular flexibility index (Phi) is 6.93. The fourth-order valence-corrected chi connectivity index (χ4v) is 8.48. The number of phenols is 1. The lowest BCUT2D eigenvalue weighted by atomic mass is 9.91. The molecule has 2 N–H and O–H groups in total. The van der Waals surface area contributed by atoms with Gasteiger partial charge in [0.2, 0.25) is 0 Å². The number of fused-ring (bicyclic) bond motifs is 7. The number of aromatic hydroxyl groups is 1. The Morgan fingerprint density at radius 2 is 1.92 bits per heavy atom. The van der Waals surface area contributed by atoms with Crippen molar-refractivity contribution in [1.29, 1.82) is 0 Å². The summed E-state index contributed by atoms with van der Waals surface area (Å²) in [6.07, 6.45) is 11.8. The molecule has 0 saturated carbocycles. The standard InChI is InChI=1S/C36H35F2N7O3/c1-3-25-28(37)9-4-19-12-24(46)13-26(29(19)25)30-32(38)34-31(27-16-43(2)42-33(27)30)35(44-14-20-5-6-21(15-44)39-20)41-36(40-34)48-18-23-8-7-22-17-47-11-10-45(22)23/h1,4,9,12-13,16,20-23,39,46H,5-8,10-11,14-15,17-18H2,2H3/t20-,21+,22-,23-/m0/s1. The van der Waals surface area contributed by atoms with Crippen molar-refractivity contribution in [2.45, 2.75) is 49.9 Å². The highest BCUT2D eigenvalue weighted by Gasteiger charge is 2.37. The summed E-state index contributed by atoms with van der Waals surface area (Å²) in [7, 11) is 1.77. The Balaban J connectivity index is 1.27. The fourth-order valence-electron chi connectivity index (χ4n) is 8.48. The number of piperazine rings is 1. The number of aromatic nitrogens is 4. The number of hydrogen-bond acceptors (Lipinski definition) is 9. The van der Waals surface area contributed by atoms with E-state index in [0.717, 1.165) is 38.8 Å². The molecule has 4 atom stereocenters. The molecule has 246 valence electrons. The Bertz CT molecular complexity index is 2150. The fraction of sp³-hybridized carbons (Fsp3) is 0.417. The number of hydrogen-bond donors (Lipinski definition) is 2. The molecule has 0 amide bonds. The van der Waals surface area contributed by atoms with Crippen LogP contribution >= 0.6 is 0 Å². The minimum absolute atomic E-state index is 0.0206. The van der Waals surface area contributed by atoms with E-state index in [2.05, 4.69) is 21.0 Å². The van der Waals surface area contributed by atoms with Crippen LogP contribution in [0.3, 0.4) is 0 Å². The molecular weight excluding hydrogens is 616 g/mol. The van der Waals surface area contributed by atoms with Crippen molar-refractivity contribution in [3.63, 3.8) is 0 Å². The maximum Gasteiger partial charge on any atom is 0.319 e. The molecule has 5 aromatic rings. The van der Waals surface area contributed by atoms with Gasteiger partial charge in [0.25, 0.3) is 0 Å². The van der Waals surface area contributed by atoms with Crippen molar-refractivity contribution in [2.24, 2.45) is 7.05 Å². The van der Waals surface area contributed by atoms with Crippen molar-refractivity contribution in [1.82, 2.24) is 30.0 Å². The summed E-state index contributed by atoms with van der Waals surface area (Å²) in [5.74, 6) is 1.65. The molecule has 4 saturated heterocycles. The number of halogens is 2. The van der Waals surface area contributed by atoms with Crippen LogP contribution < -0.4 is 15.0 Å². The number of anilines is 1. The molecule has 4 aliphatic heterocycles. The third kappa shape index (κ3) is 4.67. The highest BCUT2D eigenvalue weighted by molar-refractivity contribution is 6.18. The quantitative estimate of drug-likeness (QED) is 0.267. The Morgan fingerprint density at radius 3 is 2.73 bits per heavy atom. The molecule has 2 aromatic heterocycles. The third-order valence-electron chi connectivity index (χ3n) is 10.6. The largest absolute Gasteiger partial charge is 0.508 e. The number of nitrogens with zero attached hydrogens (tertiary/aromatic N) is 6. The lowest BCUT2D eigenvalue weighted by molar-refractivity contribution is -0.0101. The molecule has 0 aliphatic carbocycles. The highest BCUT2D eigenvalue weighted by atomic mass is 19.1. The smallest absolute Gasteiger partial charge is 0.319 e. The Morgan fingerprint density at radius 1 is 1.08 bits per heavy atom. The number of ether oxygens (including phenoxy) is 2. The van der Waals surface area contributed by atoms with Crippen LogP contribution in [0, 0.1) is 24.0 Å². The first-order valence-corrected chi connectivity index (χ1v) is 16.6. The average Bonchev–Trinajstić information content (AvgIpc) is 3.78. The van der Waals surface area contributed by atoms with Crippen LogP contribution in [-0.2, 0) is 11.8 Å². The summed E-state index contributed by atoms with van der Waals surface area (Å²) in [6, 6.07) is 6.95. The predicted molar refractivity (Wildman–Crippen MR) is 178 cm³/mol. The molecule has 9 rings (SSSR count). The first-order chi connectivity index (χ1) is 23.4. The van der Waals surface area contributed by atoms with Crippen LogP contribution in [0.2, 0.25) is 0 Å². The van der Waals surface area contributed by atoms with Crippen LogP contribution in [0.1, 0.15) is 31.2 Å². The molecule has 3 aromatic carbocycles. The molecule has 4 fully saturated rings. The summed E-state index contributed by atoms with van der Waals surface area (Å²) in [5, 5.41) is 21.1. The number of terminal acetylenes is 1. The van der Waals surface area contributed by atoms with Gasteiger partial charge < -0.3 is 24.8 Å². The predicted octanol–water partition coefficient (Wildman–Crippen LogP) is 4.48. The van der Waals surface area contributed by atoms with E-state index in [4.69, 9.17) is 31.0 Å². The van der Waals surface area contributed by atoms with Gasteiger partial charge in [-0.3, -0.25) is 9.58 Å². The van der Waals surface area contributed by atoms with Crippen LogP contribution in [0.15, 0.2) is 30.5 Å². The zero-order valence-electron chi connectivity index (χ0n) is 26.5. The average molecular weight is 652 g/mol. The molecule has 48 heavy (non-hydrogen) atoms. The summed E-state index contributed by atoms with van der Waals surface area (Å²) < 4.78 is 46.2. The molecule has 0 unspecified atom stereocenters. The minimum Gasteiger partial charge on any atom is -0.508 e. The second-order valence-electron chi connectivity index (χ2n) is 13.5. The monoisotopic (exact) mass is 651 g/mol. The van der Waals surface area contributed by atoms with E-state index in [-0.39, 0.29) is 40.0 Å². The second kappa shape index (κ2) is 11.3. The van der Waals surface area contributed by atoms with Crippen molar-refractivity contribution in [3.8, 4) is 35.2 Å². The van der Waals surface area contributed by atoms with Crippen LogP contribution in [-0.4, -0.2) is 93.4 Å². The molecule has 4 aliphatic rings. The lowest BCUT2D eigenvalue weighted by Crippen LogP contribution is -2.51. The van der Waals surface area contributed by atoms with Gasteiger partial charge in [-0.2, -0.15) is 15.1 Å². The van der Waals surface area contributed by atoms with Crippen molar-refractivity contribution in [3.05, 3.63) is 47.7 Å². The van der Waals surface area contributed by atoms with Gasteiger partial charge in [0, 0.05) is 73.4 Å². The number of phenolic OH excluding ortho intramolecular Hbond substituents is 1. The minimum atomic E-state index is -0.670. The molecule has 0 spiro atoms. The SMILES string of the molecule is C#Cc1c(F)ccc2cc(O)cc(-c3c(F)c4nc(OC[C@@H]5CC[C@H]6COCCN65)nc(N5C[C@H]6CC[C@@H](C5)N6)c4c4cn(C)nc34)c12. The van der Waals surface area contributed by atoms with Crippen LogP contribution in [0.5, 0.6) is 11.8 Å². The second-order valence-corrected chi connectivity index (χ2v) is 13.5. The van der Waals surface area contributed by atoms with Gasteiger partial charge in [0.15, 0.2) is 5.82 Å². The Hall–Kier alpha value is -4.57. The van der Waals surface area contributed by atoms with E-state index in [1.54, 1.807) is 11.7 Å². The first-order valence-electron chi connectivity index (χ1n) is 16.6. The van der Waals surface area contributed by atoms with Crippen molar-refractivity contribution in [2.75, 3.05) is 44.4 Å². The normalized spacial score (nSPS) is 24.1. The van der Waals surface area contributed by atoms with Gasteiger partial charge in [-0.25, -0.2) is 8.78 Å². The van der Waals surface area contributed by atoms with Gasteiger partial charge >= 0.3 is 6.01 Å². The van der Waals surface area contributed by atoms with Gasteiger partial charge in [0.1, 0.15) is 35.0 Å². The topological polar surface area (TPSA) is 101 Å². The van der Waals surface area contributed by atoms with Crippen molar-refractivity contribution < 1.29 is 23.4 Å². The van der Waals surface area contributed by atoms with Crippen LogP contribution in [0.25, 0.3) is 43.7 Å². The van der Waals surface area contributed by atoms with E-state index in [0.29, 0.717) is 77.3 Å².